The van der Waals surface area contributed by atoms with E-state index in [9.17, 15) is 9.59 Å². The van der Waals surface area contributed by atoms with Crippen molar-refractivity contribution in [1.29, 1.82) is 0 Å². The van der Waals surface area contributed by atoms with Crippen molar-refractivity contribution in [2.45, 2.75) is 13.0 Å². The number of fused-ring (bicyclic) bond motifs is 1. The number of carbonyl (C=O) groups is 1. The minimum atomic E-state index is -0.793. The number of rotatable bonds is 7. The Labute approximate surface area is 223 Å². The van der Waals surface area contributed by atoms with Gasteiger partial charge in [-0.3, -0.25) is 9.36 Å². The van der Waals surface area contributed by atoms with Gasteiger partial charge in [-0.2, -0.15) is 0 Å². The van der Waals surface area contributed by atoms with E-state index in [1.54, 1.807) is 37.8 Å². The fourth-order valence-corrected chi connectivity index (χ4v) is 5.48. The largest absolute Gasteiger partial charge is 0.493 e. The van der Waals surface area contributed by atoms with Gasteiger partial charge in [0, 0.05) is 5.56 Å². The second-order valence-electron chi connectivity index (χ2n) is 8.46. The fourth-order valence-electron chi connectivity index (χ4n) is 4.48. The van der Waals surface area contributed by atoms with Gasteiger partial charge in [0.2, 0.25) is 0 Å². The van der Waals surface area contributed by atoms with E-state index in [0.29, 0.717) is 32.1 Å². The molecule has 0 radical (unpaired) electrons. The Morgan fingerprint density at radius 1 is 0.974 bits per heavy atom. The average molecular weight is 527 g/mol. The molecule has 4 aromatic rings. The summed E-state index contributed by atoms with van der Waals surface area (Å²) in [5.41, 5.74) is 2.82. The van der Waals surface area contributed by atoms with Crippen LogP contribution in [-0.4, -0.2) is 31.4 Å². The molecule has 1 aliphatic heterocycles. The highest BCUT2D eigenvalue weighted by atomic mass is 32.1. The molecule has 0 fully saturated rings. The lowest BCUT2D eigenvalue weighted by Crippen LogP contribution is -2.40. The highest BCUT2D eigenvalue weighted by molar-refractivity contribution is 7.07. The number of ether oxygens (including phenoxy) is 3. The first-order valence-corrected chi connectivity index (χ1v) is 12.9. The van der Waals surface area contributed by atoms with Crippen molar-refractivity contribution in [2.75, 3.05) is 20.8 Å². The molecule has 192 valence electrons. The number of benzene rings is 3. The lowest BCUT2D eigenvalue weighted by Gasteiger charge is -2.26. The van der Waals surface area contributed by atoms with E-state index in [-0.39, 0.29) is 17.7 Å². The summed E-state index contributed by atoms with van der Waals surface area (Å²) in [5.74, 6) is 0.489. The highest BCUT2D eigenvalue weighted by Gasteiger charge is 2.35. The zero-order chi connectivity index (χ0) is 26.6. The molecule has 2 heterocycles. The van der Waals surface area contributed by atoms with E-state index in [1.165, 1.54) is 11.3 Å². The first-order chi connectivity index (χ1) is 18.5. The maximum atomic E-state index is 13.9. The molecule has 8 heteroatoms. The molecule has 0 saturated carbocycles. The molecule has 0 spiro atoms. The monoisotopic (exact) mass is 526 g/mol. The Bertz CT molecular complexity index is 1690. The molecule has 0 aliphatic carbocycles. The third-order valence-corrected chi connectivity index (χ3v) is 7.18. The Kier molecular flexibility index (Phi) is 7.24. The Morgan fingerprint density at radius 3 is 2.32 bits per heavy atom. The van der Waals surface area contributed by atoms with Gasteiger partial charge in [0.05, 0.1) is 42.7 Å². The number of hydrogen-bond donors (Lipinski definition) is 0. The van der Waals surface area contributed by atoms with Gasteiger partial charge >= 0.3 is 5.97 Å². The van der Waals surface area contributed by atoms with Crippen LogP contribution in [0.2, 0.25) is 0 Å². The van der Waals surface area contributed by atoms with Crippen molar-refractivity contribution >= 4 is 29.1 Å². The Hall–Kier alpha value is -4.43. The van der Waals surface area contributed by atoms with Crippen LogP contribution in [-0.2, 0) is 9.53 Å². The molecule has 0 N–H and O–H groups in total. The van der Waals surface area contributed by atoms with E-state index in [1.807, 2.05) is 72.8 Å². The van der Waals surface area contributed by atoms with E-state index < -0.39 is 12.0 Å². The van der Waals surface area contributed by atoms with E-state index >= 15 is 0 Å². The van der Waals surface area contributed by atoms with Crippen molar-refractivity contribution in [3.63, 3.8) is 0 Å². The summed E-state index contributed by atoms with van der Waals surface area (Å²) in [6.45, 7) is 1.93. The Balaban J connectivity index is 1.85. The summed E-state index contributed by atoms with van der Waals surface area (Å²) in [5, 5.41) is 0. The third kappa shape index (κ3) is 4.66. The molecule has 38 heavy (non-hydrogen) atoms. The molecule has 0 amide bonds. The minimum Gasteiger partial charge on any atom is -0.493 e. The van der Waals surface area contributed by atoms with Crippen molar-refractivity contribution in [1.82, 2.24) is 4.57 Å². The van der Waals surface area contributed by atoms with Gasteiger partial charge in [-0.15, -0.1) is 0 Å². The van der Waals surface area contributed by atoms with Crippen molar-refractivity contribution in [2.24, 2.45) is 4.99 Å². The molecule has 1 atom stereocenters. The van der Waals surface area contributed by atoms with Gasteiger partial charge in [-0.25, -0.2) is 9.79 Å². The zero-order valence-corrected chi connectivity index (χ0v) is 22.0. The van der Waals surface area contributed by atoms with Crippen molar-refractivity contribution < 1.29 is 19.0 Å². The number of hydrogen-bond acceptors (Lipinski definition) is 7. The number of methoxy groups -OCH3 is 2. The van der Waals surface area contributed by atoms with Gasteiger partial charge in [0.15, 0.2) is 16.3 Å². The molecule has 0 unspecified atom stereocenters. The van der Waals surface area contributed by atoms with E-state index in [4.69, 9.17) is 19.2 Å². The normalized spacial score (nSPS) is 15.0. The number of nitrogens with zero attached hydrogens (tertiary/aromatic N) is 2. The molecule has 0 bridgehead atoms. The number of carbonyl (C=O) groups excluding carboxylic acids is 1. The molecule has 1 aliphatic rings. The third-order valence-electron chi connectivity index (χ3n) is 6.19. The summed E-state index contributed by atoms with van der Waals surface area (Å²) in [6, 6.07) is 23.7. The number of esters is 1. The van der Waals surface area contributed by atoms with Crippen LogP contribution < -0.4 is 24.4 Å². The molecule has 7 nitrogen and oxygen atoms in total. The molecule has 3 aromatic carbocycles. The predicted molar refractivity (Wildman–Crippen MR) is 147 cm³/mol. The van der Waals surface area contributed by atoms with Gasteiger partial charge < -0.3 is 14.2 Å². The average Bonchev–Trinajstić information content (AvgIpc) is 3.27. The summed E-state index contributed by atoms with van der Waals surface area (Å²) in [6.07, 6.45) is 1.84. The molecular weight excluding hydrogens is 500 g/mol. The molecule has 0 saturated heterocycles. The van der Waals surface area contributed by atoms with Gasteiger partial charge in [-0.05, 0) is 36.3 Å². The lowest BCUT2D eigenvalue weighted by molar-refractivity contribution is -0.138. The van der Waals surface area contributed by atoms with Crippen LogP contribution in [0, 0.1) is 0 Å². The van der Waals surface area contributed by atoms with Crippen LogP contribution in [0.5, 0.6) is 11.5 Å². The van der Waals surface area contributed by atoms with Crippen LogP contribution in [0.15, 0.2) is 94.2 Å². The maximum absolute atomic E-state index is 13.9. The van der Waals surface area contributed by atoms with E-state index in [2.05, 4.69) is 0 Å². The second kappa shape index (κ2) is 10.9. The molecule has 1 aromatic heterocycles. The standard InChI is InChI=1S/C30H26N2O5S/c1-4-37-29(34)25-26(20-13-9-6-10-14-20)31-30-32(27(25)21-15-16-22(35-2)23(18-21)36-3)28(33)24(38-30)17-19-11-7-5-8-12-19/h5-18,27H,4H2,1-3H3/b24-17-/t27-/m1/s1. The first-order valence-electron chi connectivity index (χ1n) is 12.1. The van der Waals surface area contributed by atoms with Crippen LogP contribution in [0.3, 0.4) is 0 Å². The maximum Gasteiger partial charge on any atom is 0.338 e. The van der Waals surface area contributed by atoms with Crippen molar-refractivity contribution in [3.05, 3.63) is 121 Å². The predicted octanol–water partition coefficient (Wildman–Crippen LogP) is 3.95. The SMILES string of the molecule is CCOC(=O)C1=C(c2ccccc2)N=c2s/c(=C\c3ccccc3)c(=O)n2[C@@H]1c1ccc(OC)c(OC)c1. The van der Waals surface area contributed by atoms with E-state index in [0.717, 1.165) is 11.1 Å². The zero-order valence-electron chi connectivity index (χ0n) is 21.2. The molecular formula is C30H26N2O5S. The van der Waals surface area contributed by atoms with Gasteiger partial charge in [0.25, 0.3) is 5.56 Å². The number of thiazole rings is 1. The quantitative estimate of drug-likeness (QED) is 0.341. The van der Waals surface area contributed by atoms with Crippen LogP contribution >= 0.6 is 11.3 Å². The highest BCUT2D eigenvalue weighted by Crippen LogP contribution is 2.38. The summed E-state index contributed by atoms with van der Waals surface area (Å²) in [4.78, 5) is 32.8. The smallest absolute Gasteiger partial charge is 0.338 e. The van der Waals surface area contributed by atoms with Crippen molar-refractivity contribution in [3.8, 4) is 11.5 Å². The lowest BCUT2D eigenvalue weighted by atomic mass is 9.93. The number of aromatic nitrogens is 1. The summed E-state index contributed by atoms with van der Waals surface area (Å²) >= 11 is 1.28. The summed E-state index contributed by atoms with van der Waals surface area (Å²) in [7, 11) is 3.10. The fraction of sp³-hybridized carbons (Fsp3) is 0.167. The topological polar surface area (TPSA) is 79.1 Å². The van der Waals surface area contributed by atoms with Crippen LogP contribution in [0.25, 0.3) is 11.8 Å². The van der Waals surface area contributed by atoms with Crippen LogP contribution in [0.1, 0.15) is 29.7 Å². The molecule has 5 rings (SSSR count). The Morgan fingerprint density at radius 2 is 1.66 bits per heavy atom. The first kappa shape index (κ1) is 25.2. The van der Waals surface area contributed by atoms with Crippen LogP contribution in [0.4, 0.5) is 0 Å². The second-order valence-corrected chi connectivity index (χ2v) is 9.47. The van der Waals surface area contributed by atoms with Gasteiger partial charge in [0.1, 0.15) is 0 Å². The minimum absolute atomic E-state index is 0.182. The summed E-state index contributed by atoms with van der Waals surface area (Å²) < 4.78 is 18.6. The van der Waals surface area contributed by atoms with Gasteiger partial charge in [-0.1, -0.05) is 78.1 Å².